The van der Waals surface area contributed by atoms with Crippen molar-refractivity contribution in [1.82, 2.24) is 0 Å². The molecule has 0 aliphatic carbocycles. The molecule has 3 N–H and O–H groups in total. The minimum absolute atomic E-state index is 0.00707. The van der Waals surface area contributed by atoms with E-state index >= 15 is 0 Å². The number of benzene rings is 2. The van der Waals surface area contributed by atoms with Gasteiger partial charge in [0.2, 0.25) is 0 Å². The van der Waals surface area contributed by atoms with Crippen LogP contribution in [0, 0.1) is 5.82 Å². The first-order valence-corrected chi connectivity index (χ1v) is 5.55. The van der Waals surface area contributed by atoms with E-state index < -0.39 is 0 Å². The number of halogens is 1. The predicted molar refractivity (Wildman–Crippen MR) is 67.5 cm³/mol. The van der Waals surface area contributed by atoms with Gasteiger partial charge in [-0.05, 0) is 29.8 Å². The van der Waals surface area contributed by atoms with Gasteiger partial charge < -0.3 is 15.6 Å². The minimum Gasteiger partial charge on any atom is -0.489 e. The van der Waals surface area contributed by atoms with Crippen LogP contribution in [0.4, 0.5) is 10.1 Å². The minimum atomic E-state index is -0.373. The molecule has 0 amide bonds. The third-order valence-corrected chi connectivity index (χ3v) is 2.58. The summed E-state index contributed by atoms with van der Waals surface area (Å²) in [6, 6.07) is 11.5. The lowest BCUT2D eigenvalue weighted by molar-refractivity contribution is 0.280. The molecule has 0 unspecified atom stereocenters. The maximum absolute atomic E-state index is 13.5. The fraction of sp³-hybridized carbons (Fsp3) is 0.143. The number of aliphatic hydroxyl groups excluding tert-OH is 1. The van der Waals surface area contributed by atoms with Gasteiger partial charge in [0.05, 0.1) is 6.61 Å². The summed E-state index contributed by atoms with van der Waals surface area (Å²) in [6.45, 7) is 0.136. The van der Waals surface area contributed by atoms with Crippen LogP contribution in [-0.4, -0.2) is 5.11 Å². The van der Waals surface area contributed by atoms with E-state index in [1.165, 1.54) is 6.07 Å². The van der Waals surface area contributed by atoms with Crippen molar-refractivity contribution in [3.8, 4) is 5.75 Å². The molecule has 2 aromatic rings. The highest BCUT2D eigenvalue weighted by Crippen LogP contribution is 2.17. The highest BCUT2D eigenvalue weighted by Gasteiger charge is 2.03. The van der Waals surface area contributed by atoms with Gasteiger partial charge in [-0.25, -0.2) is 4.39 Å². The van der Waals surface area contributed by atoms with Gasteiger partial charge in [0.25, 0.3) is 0 Å². The lowest BCUT2D eigenvalue weighted by Gasteiger charge is -2.08. The smallest absolute Gasteiger partial charge is 0.131 e. The molecule has 0 saturated carbocycles. The summed E-state index contributed by atoms with van der Waals surface area (Å²) in [6.07, 6.45) is 0. The van der Waals surface area contributed by atoms with Crippen LogP contribution in [0.5, 0.6) is 5.75 Å². The van der Waals surface area contributed by atoms with E-state index in [2.05, 4.69) is 0 Å². The molecule has 94 valence electrons. The molecule has 0 fully saturated rings. The number of hydrogen-bond donors (Lipinski definition) is 2. The van der Waals surface area contributed by atoms with Crippen LogP contribution in [0.3, 0.4) is 0 Å². The number of hydrogen-bond acceptors (Lipinski definition) is 3. The molecule has 2 aromatic carbocycles. The monoisotopic (exact) mass is 247 g/mol. The zero-order valence-electron chi connectivity index (χ0n) is 9.77. The molecular formula is C14H14FNO2. The molecule has 3 nitrogen and oxygen atoms in total. The van der Waals surface area contributed by atoms with Gasteiger partial charge in [0, 0.05) is 11.3 Å². The number of nitrogens with two attached hydrogens (primary N) is 1. The largest absolute Gasteiger partial charge is 0.489 e. The summed E-state index contributed by atoms with van der Waals surface area (Å²) in [4.78, 5) is 0. The Morgan fingerprint density at radius 1 is 1.11 bits per heavy atom. The van der Waals surface area contributed by atoms with Crippen LogP contribution in [-0.2, 0) is 13.2 Å². The average molecular weight is 247 g/mol. The third-order valence-electron chi connectivity index (χ3n) is 2.58. The highest BCUT2D eigenvalue weighted by atomic mass is 19.1. The number of anilines is 1. The zero-order valence-corrected chi connectivity index (χ0v) is 9.77. The number of ether oxygens (including phenoxy) is 1. The second-order valence-electron chi connectivity index (χ2n) is 3.94. The summed E-state index contributed by atoms with van der Waals surface area (Å²) < 4.78 is 18.9. The van der Waals surface area contributed by atoms with Crippen molar-refractivity contribution in [2.24, 2.45) is 0 Å². The molecule has 4 heteroatoms. The van der Waals surface area contributed by atoms with Gasteiger partial charge in [-0.1, -0.05) is 18.2 Å². The first kappa shape index (κ1) is 12.4. The lowest BCUT2D eigenvalue weighted by Crippen LogP contribution is -1.99. The topological polar surface area (TPSA) is 55.5 Å². The van der Waals surface area contributed by atoms with E-state index in [-0.39, 0.29) is 19.0 Å². The summed E-state index contributed by atoms with van der Waals surface area (Å²) in [7, 11) is 0. The number of aliphatic hydroxyl groups is 1. The van der Waals surface area contributed by atoms with Crippen molar-refractivity contribution in [2.45, 2.75) is 13.2 Å². The average Bonchev–Trinajstić information content (AvgIpc) is 2.38. The fourth-order valence-electron chi connectivity index (χ4n) is 1.53. The SMILES string of the molecule is Nc1ccc(COc2ccc(CO)cc2)c(F)c1. The van der Waals surface area contributed by atoms with Crippen LogP contribution in [0.2, 0.25) is 0 Å². The first-order chi connectivity index (χ1) is 8.69. The molecule has 0 saturated heterocycles. The molecular weight excluding hydrogens is 233 g/mol. The summed E-state index contributed by atoms with van der Waals surface area (Å²) >= 11 is 0. The second kappa shape index (κ2) is 5.51. The van der Waals surface area contributed by atoms with Crippen molar-refractivity contribution in [2.75, 3.05) is 5.73 Å². The van der Waals surface area contributed by atoms with E-state index in [0.717, 1.165) is 5.56 Å². The second-order valence-corrected chi connectivity index (χ2v) is 3.94. The van der Waals surface area contributed by atoms with Crippen LogP contribution in [0.15, 0.2) is 42.5 Å². The molecule has 0 aliphatic heterocycles. The Kier molecular flexibility index (Phi) is 3.79. The normalized spacial score (nSPS) is 10.3. The van der Waals surface area contributed by atoms with Crippen molar-refractivity contribution in [1.29, 1.82) is 0 Å². The Balaban J connectivity index is 2.02. The quantitative estimate of drug-likeness (QED) is 0.816. The Morgan fingerprint density at radius 2 is 1.83 bits per heavy atom. The van der Waals surface area contributed by atoms with Crippen molar-refractivity contribution < 1.29 is 14.2 Å². The van der Waals surface area contributed by atoms with E-state index in [1.807, 2.05) is 0 Å². The van der Waals surface area contributed by atoms with Gasteiger partial charge in [0.15, 0.2) is 0 Å². The fourth-order valence-corrected chi connectivity index (χ4v) is 1.53. The van der Waals surface area contributed by atoms with Gasteiger partial charge in [-0.2, -0.15) is 0 Å². The van der Waals surface area contributed by atoms with Crippen molar-refractivity contribution in [3.63, 3.8) is 0 Å². The van der Waals surface area contributed by atoms with Gasteiger partial charge in [-0.15, -0.1) is 0 Å². The summed E-state index contributed by atoms with van der Waals surface area (Å²) in [5.41, 5.74) is 7.12. The molecule has 0 heterocycles. The number of rotatable bonds is 4. The standard InChI is InChI=1S/C14H14FNO2/c15-14-7-12(16)4-3-11(14)9-18-13-5-1-10(8-17)2-6-13/h1-7,17H,8-9,16H2. The molecule has 0 atom stereocenters. The summed E-state index contributed by atoms with van der Waals surface area (Å²) in [5.74, 6) is 0.255. The molecule has 18 heavy (non-hydrogen) atoms. The molecule has 0 spiro atoms. The van der Waals surface area contributed by atoms with Crippen LogP contribution in [0.1, 0.15) is 11.1 Å². The van der Waals surface area contributed by atoms with Gasteiger partial charge in [-0.3, -0.25) is 0 Å². The lowest BCUT2D eigenvalue weighted by atomic mass is 10.2. The van der Waals surface area contributed by atoms with E-state index in [1.54, 1.807) is 36.4 Å². The van der Waals surface area contributed by atoms with Crippen molar-refractivity contribution >= 4 is 5.69 Å². The highest BCUT2D eigenvalue weighted by molar-refractivity contribution is 5.40. The van der Waals surface area contributed by atoms with E-state index in [9.17, 15) is 4.39 Å². The molecule has 2 rings (SSSR count). The third kappa shape index (κ3) is 2.99. The first-order valence-electron chi connectivity index (χ1n) is 5.55. The Morgan fingerprint density at radius 3 is 2.44 bits per heavy atom. The van der Waals surface area contributed by atoms with E-state index in [4.69, 9.17) is 15.6 Å². The van der Waals surface area contributed by atoms with Gasteiger partial charge >= 0.3 is 0 Å². The van der Waals surface area contributed by atoms with Crippen LogP contribution in [0.25, 0.3) is 0 Å². The Labute approximate surface area is 105 Å². The summed E-state index contributed by atoms with van der Waals surface area (Å²) in [5, 5.41) is 8.90. The molecule has 0 aliphatic rings. The van der Waals surface area contributed by atoms with Crippen LogP contribution >= 0.6 is 0 Å². The Hall–Kier alpha value is -2.07. The molecule has 0 aromatic heterocycles. The zero-order chi connectivity index (χ0) is 13.0. The van der Waals surface area contributed by atoms with Gasteiger partial charge in [0.1, 0.15) is 18.2 Å². The van der Waals surface area contributed by atoms with Crippen molar-refractivity contribution in [3.05, 3.63) is 59.4 Å². The maximum Gasteiger partial charge on any atom is 0.131 e. The molecule has 0 radical (unpaired) electrons. The maximum atomic E-state index is 13.5. The number of nitrogen functional groups attached to an aromatic ring is 1. The van der Waals surface area contributed by atoms with Crippen LogP contribution < -0.4 is 10.5 Å². The predicted octanol–water partition coefficient (Wildman–Crippen LogP) is 2.48. The Bertz CT molecular complexity index is 526. The van der Waals surface area contributed by atoms with E-state index in [0.29, 0.717) is 17.0 Å². The molecule has 0 bridgehead atoms.